The van der Waals surface area contributed by atoms with Gasteiger partial charge in [0.1, 0.15) is 0 Å². The lowest BCUT2D eigenvalue weighted by Crippen LogP contribution is -1.94. The van der Waals surface area contributed by atoms with Gasteiger partial charge >= 0.3 is 0 Å². The number of nitrogens with one attached hydrogen (secondary N) is 1. The van der Waals surface area contributed by atoms with E-state index in [-0.39, 0.29) is 0 Å². The van der Waals surface area contributed by atoms with Crippen LogP contribution in [-0.2, 0) is 0 Å². The van der Waals surface area contributed by atoms with Crippen molar-refractivity contribution in [2.24, 2.45) is 0 Å². The highest BCUT2D eigenvalue weighted by Gasteiger charge is 2.15. The second kappa shape index (κ2) is 11.8. The smallest absolute Gasteiger partial charge is 0.0541 e. The number of nitrogens with zero attached hydrogens (tertiary/aromatic N) is 1. The van der Waals surface area contributed by atoms with Crippen LogP contribution in [0.25, 0.3) is 71.6 Å². The van der Waals surface area contributed by atoms with Gasteiger partial charge in [0, 0.05) is 33.4 Å². The van der Waals surface area contributed by atoms with Gasteiger partial charge in [-0.25, -0.2) is 0 Å². The Balaban J connectivity index is 1.13. The molecule has 2 heteroatoms. The molecule has 1 heterocycles. The van der Waals surface area contributed by atoms with Crippen molar-refractivity contribution in [2.75, 3.05) is 5.32 Å². The maximum absolute atomic E-state index is 3.64. The highest BCUT2D eigenvalue weighted by atomic mass is 15.0. The summed E-state index contributed by atoms with van der Waals surface area (Å²) < 4.78 is 2.39. The van der Waals surface area contributed by atoms with Crippen LogP contribution in [0.3, 0.4) is 0 Å². The van der Waals surface area contributed by atoms with Crippen LogP contribution >= 0.6 is 0 Å². The summed E-state index contributed by atoms with van der Waals surface area (Å²) in [5.41, 5.74) is 12.9. The molecule has 0 fully saturated rings. The minimum absolute atomic E-state index is 1.07. The fraction of sp³-hybridized carbons (Fsp3) is 0. The Labute approximate surface area is 280 Å². The standard InChI is InChI=1S/C46H32N2/c1-3-12-34(13-4-1)42-30-37(23-27-44(42)47-39-15-5-2-6-16-39)38-24-28-46-43(31-38)41-17-9-10-18-45(41)48(46)40-25-21-33(22-26-40)36-20-19-32-11-7-8-14-35(32)29-36/h1-31,47H. The first-order valence-electron chi connectivity index (χ1n) is 16.4. The maximum Gasteiger partial charge on any atom is 0.0541 e. The molecule has 2 nitrogen and oxygen atoms in total. The van der Waals surface area contributed by atoms with Crippen LogP contribution in [0.2, 0.25) is 0 Å². The van der Waals surface area contributed by atoms with Gasteiger partial charge in [0.2, 0.25) is 0 Å². The van der Waals surface area contributed by atoms with E-state index in [1.54, 1.807) is 0 Å². The molecule has 226 valence electrons. The second-order valence-electron chi connectivity index (χ2n) is 12.3. The monoisotopic (exact) mass is 612 g/mol. The highest BCUT2D eigenvalue weighted by molar-refractivity contribution is 6.10. The molecule has 0 amide bonds. The predicted octanol–water partition coefficient (Wildman–Crippen LogP) is 12.7. The van der Waals surface area contributed by atoms with E-state index in [0.29, 0.717) is 0 Å². The number of aromatic nitrogens is 1. The number of rotatable bonds is 6. The van der Waals surface area contributed by atoms with Gasteiger partial charge in [0.25, 0.3) is 0 Å². The van der Waals surface area contributed by atoms with Crippen molar-refractivity contribution in [3.8, 4) is 39.1 Å². The van der Waals surface area contributed by atoms with E-state index in [2.05, 4.69) is 192 Å². The Morgan fingerprint density at radius 2 is 0.958 bits per heavy atom. The van der Waals surface area contributed by atoms with Crippen molar-refractivity contribution in [1.29, 1.82) is 0 Å². The van der Waals surface area contributed by atoms with Crippen LogP contribution in [0.15, 0.2) is 188 Å². The van der Waals surface area contributed by atoms with E-state index in [4.69, 9.17) is 0 Å². The van der Waals surface area contributed by atoms with E-state index in [0.717, 1.165) is 17.1 Å². The van der Waals surface area contributed by atoms with E-state index in [1.807, 2.05) is 6.07 Å². The van der Waals surface area contributed by atoms with Crippen LogP contribution in [0, 0.1) is 0 Å². The quantitative estimate of drug-likeness (QED) is 0.198. The molecule has 48 heavy (non-hydrogen) atoms. The molecule has 0 atom stereocenters. The van der Waals surface area contributed by atoms with Gasteiger partial charge in [-0.3, -0.25) is 0 Å². The summed E-state index contributed by atoms with van der Waals surface area (Å²) in [6.07, 6.45) is 0. The van der Waals surface area contributed by atoms with Gasteiger partial charge in [-0.15, -0.1) is 0 Å². The molecule has 0 aliphatic heterocycles. The van der Waals surface area contributed by atoms with E-state index in [9.17, 15) is 0 Å². The third-order valence-electron chi connectivity index (χ3n) is 9.37. The Bertz CT molecular complexity index is 2560. The fourth-order valence-corrected chi connectivity index (χ4v) is 6.97. The number of fused-ring (bicyclic) bond motifs is 4. The van der Waals surface area contributed by atoms with Gasteiger partial charge in [0.15, 0.2) is 0 Å². The first-order chi connectivity index (χ1) is 23.8. The zero-order valence-electron chi connectivity index (χ0n) is 26.3. The Kier molecular flexibility index (Phi) is 6.84. The second-order valence-corrected chi connectivity index (χ2v) is 12.3. The topological polar surface area (TPSA) is 17.0 Å². The molecule has 0 aliphatic carbocycles. The molecule has 8 aromatic carbocycles. The summed E-state index contributed by atoms with van der Waals surface area (Å²) in [5.74, 6) is 0. The molecule has 0 spiro atoms. The summed E-state index contributed by atoms with van der Waals surface area (Å²) in [6, 6.07) is 67.6. The molecule has 0 aliphatic rings. The Morgan fingerprint density at radius 1 is 0.354 bits per heavy atom. The van der Waals surface area contributed by atoms with Crippen molar-refractivity contribution >= 4 is 44.0 Å². The van der Waals surface area contributed by atoms with Crippen molar-refractivity contribution in [3.63, 3.8) is 0 Å². The SMILES string of the molecule is c1ccc(Nc2ccc(-c3ccc4c(c3)c3ccccc3n4-c3ccc(-c4ccc5ccccc5c4)cc3)cc2-c2ccccc2)cc1. The number of anilines is 2. The van der Waals surface area contributed by atoms with Crippen LogP contribution in [-0.4, -0.2) is 4.57 Å². The first kappa shape index (κ1) is 27.9. The lowest BCUT2D eigenvalue weighted by molar-refractivity contribution is 1.18. The number of hydrogen-bond acceptors (Lipinski definition) is 1. The third kappa shape index (κ3) is 5.01. The summed E-state index contributed by atoms with van der Waals surface area (Å²) in [5, 5.41) is 8.66. The molecule has 0 bridgehead atoms. The average Bonchev–Trinajstić information content (AvgIpc) is 3.49. The minimum atomic E-state index is 1.07. The zero-order valence-corrected chi connectivity index (χ0v) is 26.3. The predicted molar refractivity (Wildman–Crippen MR) is 204 cm³/mol. The van der Waals surface area contributed by atoms with Crippen LogP contribution in [0.4, 0.5) is 11.4 Å². The molecule has 0 unspecified atom stereocenters. The number of para-hydroxylation sites is 2. The first-order valence-corrected chi connectivity index (χ1v) is 16.4. The largest absolute Gasteiger partial charge is 0.355 e. The molecule has 9 aromatic rings. The lowest BCUT2D eigenvalue weighted by atomic mass is 9.96. The summed E-state index contributed by atoms with van der Waals surface area (Å²) >= 11 is 0. The zero-order chi connectivity index (χ0) is 31.9. The summed E-state index contributed by atoms with van der Waals surface area (Å²) in [7, 11) is 0. The fourth-order valence-electron chi connectivity index (χ4n) is 6.97. The van der Waals surface area contributed by atoms with Crippen molar-refractivity contribution in [3.05, 3.63) is 188 Å². The number of benzene rings is 8. The van der Waals surface area contributed by atoms with Crippen LogP contribution in [0.1, 0.15) is 0 Å². The normalized spacial score (nSPS) is 11.3. The molecule has 9 rings (SSSR count). The molecule has 0 saturated heterocycles. The molecular formula is C46H32N2. The van der Waals surface area contributed by atoms with Gasteiger partial charge in [-0.1, -0.05) is 127 Å². The van der Waals surface area contributed by atoms with E-state index < -0.39 is 0 Å². The van der Waals surface area contributed by atoms with E-state index >= 15 is 0 Å². The molecule has 1 N–H and O–H groups in total. The van der Waals surface area contributed by atoms with Crippen molar-refractivity contribution < 1.29 is 0 Å². The Hall–Kier alpha value is -6.38. The summed E-state index contributed by atoms with van der Waals surface area (Å²) in [4.78, 5) is 0. The lowest BCUT2D eigenvalue weighted by Gasteiger charge is -2.15. The summed E-state index contributed by atoms with van der Waals surface area (Å²) in [6.45, 7) is 0. The highest BCUT2D eigenvalue weighted by Crippen LogP contribution is 2.38. The van der Waals surface area contributed by atoms with Gasteiger partial charge in [-0.2, -0.15) is 0 Å². The van der Waals surface area contributed by atoms with Crippen molar-refractivity contribution in [1.82, 2.24) is 4.57 Å². The molecular weight excluding hydrogens is 581 g/mol. The van der Waals surface area contributed by atoms with Gasteiger partial charge < -0.3 is 9.88 Å². The third-order valence-corrected chi connectivity index (χ3v) is 9.37. The van der Waals surface area contributed by atoms with Gasteiger partial charge in [-0.05, 0) is 99.3 Å². The minimum Gasteiger partial charge on any atom is -0.355 e. The van der Waals surface area contributed by atoms with Crippen LogP contribution < -0.4 is 5.32 Å². The maximum atomic E-state index is 3.64. The van der Waals surface area contributed by atoms with Gasteiger partial charge in [0.05, 0.1) is 11.0 Å². The molecule has 0 saturated carbocycles. The van der Waals surface area contributed by atoms with E-state index in [1.165, 1.54) is 66.0 Å². The number of hydrogen-bond donors (Lipinski definition) is 1. The molecule has 0 radical (unpaired) electrons. The average molecular weight is 613 g/mol. The van der Waals surface area contributed by atoms with Crippen LogP contribution in [0.5, 0.6) is 0 Å². The Morgan fingerprint density at radius 3 is 1.79 bits per heavy atom. The van der Waals surface area contributed by atoms with Crippen molar-refractivity contribution in [2.45, 2.75) is 0 Å². The molecule has 1 aromatic heterocycles.